The lowest BCUT2D eigenvalue weighted by Crippen LogP contribution is -2.59. The van der Waals surface area contributed by atoms with Crippen LogP contribution >= 0.6 is 0 Å². The van der Waals surface area contributed by atoms with Crippen molar-refractivity contribution in [2.45, 2.75) is 50.0 Å². The molecule has 12 heteroatoms. The Kier molecular flexibility index (Phi) is 4.92. The van der Waals surface area contributed by atoms with Gasteiger partial charge in [-0.15, -0.1) is 0 Å². The first-order valence-electron chi connectivity index (χ1n) is 9.61. The lowest BCUT2D eigenvalue weighted by molar-refractivity contribution is -0.196. The number of alkyl halides is 2. The van der Waals surface area contributed by atoms with E-state index >= 15 is 0 Å². The molecule has 4 bridgehead atoms. The SMILES string of the molecule is O=C(OC12CC3CC(CC(COC(=O)C(F)(F)CS(=O)(=O)O)(C3)C1)C2)n1ccnc1. The minimum atomic E-state index is -5.05. The van der Waals surface area contributed by atoms with Crippen LogP contribution in [0.1, 0.15) is 38.5 Å². The average Bonchev–Trinajstić information content (AvgIpc) is 3.10. The van der Waals surface area contributed by atoms with Gasteiger partial charge in [-0.05, 0) is 50.4 Å². The predicted molar refractivity (Wildman–Crippen MR) is 96.3 cm³/mol. The summed E-state index contributed by atoms with van der Waals surface area (Å²) in [5, 5.41) is 0. The molecule has 1 aromatic rings. The summed E-state index contributed by atoms with van der Waals surface area (Å²) < 4.78 is 69.6. The van der Waals surface area contributed by atoms with Crippen molar-refractivity contribution in [3.63, 3.8) is 0 Å². The van der Waals surface area contributed by atoms with Crippen molar-refractivity contribution in [3.8, 4) is 0 Å². The number of ether oxygens (including phenoxy) is 2. The van der Waals surface area contributed by atoms with Gasteiger partial charge in [-0.3, -0.25) is 4.55 Å². The number of carbonyl (C=O) groups is 2. The highest BCUT2D eigenvalue weighted by atomic mass is 32.2. The molecule has 30 heavy (non-hydrogen) atoms. The highest BCUT2D eigenvalue weighted by Crippen LogP contribution is 2.63. The molecule has 0 spiro atoms. The molecule has 4 aliphatic rings. The monoisotopic (exact) mass is 448 g/mol. The topological polar surface area (TPSA) is 125 Å². The smallest absolute Gasteiger partial charge is 0.419 e. The zero-order valence-electron chi connectivity index (χ0n) is 16.0. The van der Waals surface area contributed by atoms with Crippen molar-refractivity contribution in [2.24, 2.45) is 17.3 Å². The van der Waals surface area contributed by atoms with Crippen LogP contribution in [0.15, 0.2) is 18.7 Å². The molecule has 2 unspecified atom stereocenters. The molecule has 1 heterocycles. The molecular formula is C18H22F2N2O7S. The maximum atomic E-state index is 13.8. The van der Waals surface area contributed by atoms with Crippen molar-refractivity contribution in [2.75, 3.05) is 12.4 Å². The predicted octanol–water partition coefficient (Wildman–Crippen LogP) is 2.27. The summed E-state index contributed by atoms with van der Waals surface area (Å²) in [5.74, 6) is -7.91. The quantitative estimate of drug-likeness (QED) is 0.519. The second kappa shape index (κ2) is 6.98. The Labute approximate surface area is 171 Å². The minimum Gasteiger partial charge on any atom is -0.461 e. The van der Waals surface area contributed by atoms with Gasteiger partial charge in [0, 0.05) is 17.8 Å². The Balaban J connectivity index is 1.46. The summed E-state index contributed by atoms with van der Waals surface area (Å²) in [6, 6.07) is 0. The fourth-order valence-corrected chi connectivity index (χ4v) is 6.45. The summed E-state index contributed by atoms with van der Waals surface area (Å²) in [7, 11) is -5.05. The fraction of sp³-hybridized carbons (Fsp3) is 0.722. The lowest BCUT2D eigenvalue weighted by Gasteiger charge is -2.60. The maximum absolute atomic E-state index is 13.8. The number of hydrogen-bond acceptors (Lipinski definition) is 7. The van der Waals surface area contributed by atoms with Gasteiger partial charge in [-0.2, -0.15) is 17.2 Å². The van der Waals surface area contributed by atoms with Crippen LogP contribution in [0.5, 0.6) is 0 Å². The van der Waals surface area contributed by atoms with E-state index in [0.29, 0.717) is 32.1 Å². The lowest BCUT2D eigenvalue weighted by atomic mass is 9.48. The first kappa shape index (κ1) is 21.2. The van der Waals surface area contributed by atoms with Crippen molar-refractivity contribution in [1.82, 2.24) is 9.55 Å². The third-order valence-corrected chi connectivity index (χ3v) is 7.05. The summed E-state index contributed by atoms with van der Waals surface area (Å²) in [4.78, 5) is 28.1. The molecule has 9 nitrogen and oxygen atoms in total. The molecule has 4 fully saturated rings. The van der Waals surface area contributed by atoms with Crippen LogP contribution in [-0.2, 0) is 24.4 Å². The molecule has 166 valence electrons. The maximum Gasteiger partial charge on any atom is 0.419 e. The summed E-state index contributed by atoms with van der Waals surface area (Å²) >= 11 is 0. The first-order valence-corrected chi connectivity index (χ1v) is 11.2. The van der Waals surface area contributed by atoms with Gasteiger partial charge in [0.1, 0.15) is 11.9 Å². The molecule has 1 aromatic heterocycles. The molecule has 0 saturated heterocycles. The van der Waals surface area contributed by atoms with E-state index in [1.54, 1.807) is 0 Å². The highest BCUT2D eigenvalue weighted by molar-refractivity contribution is 7.85. The second-order valence-electron chi connectivity index (χ2n) is 8.99. The molecule has 0 aliphatic heterocycles. The van der Waals surface area contributed by atoms with Gasteiger partial charge >= 0.3 is 18.0 Å². The van der Waals surface area contributed by atoms with Crippen LogP contribution in [0.3, 0.4) is 0 Å². The van der Waals surface area contributed by atoms with E-state index in [1.165, 1.54) is 23.3 Å². The van der Waals surface area contributed by atoms with E-state index < -0.39 is 44.9 Å². The van der Waals surface area contributed by atoms with Gasteiger partial charge in [-0.25, -0.2) is 19.1 Å². The zero-order chi connectivity index (χ0) is 21.8. The van der Waals surface area contributed by atoms with E-state index in [9.17, 15) is 26.8 Å². The zero-order valence-corrected chi connectivity index (χ0v) is 16.8. The summed E-state index contributed by atoms with van der Waals surface area (Å²) in [5.41, 5.74) is -1.36. The number of imidazole rings is 1. The minimum absolute atomic E-state index is 0.221. The Hall–Kier alpha value is -2.08. The number of rotatable bonds is 6. The average molecular weight is 448 g/mol. The number of carbonyl (C=O) groups excluding carboxylic acids is 2. The van der Waals surface area contributed by atoms with Gasteiger partial charge < -0.3 is 9.47 Å². The second-order valence-corrected chi connectivity index (χ2v) is 10.4. The molecular weight excluding hydrogens is 426 g/mol. The molecule has 0 aromatic carbocycles. The fourth-order valence-electron chi connectivity index (χ4n) is 5.87. The molecule has 0 radical (unpaired) electrons. The van der Waals surface area contributed by atoms with Gasteiger partial charge in [0.05, 0.1) is 6.61 Å². The first-order chi connectivity index (χ1) is 13.9. The summed E-state index contributed by atoms with van der Waals surface area (Å²) in [6.07, 6.45) is 7.65. The Bertz CT molecular complexity index is 934. The Morgan fingerprint density at radius 2 is 1.90 bits per heavy atom. The van der Waals surface area contributed by atoms with Crippen molar-refractivity contribution < 1.29 is 40.8 Å². The number of aromatic nitrogens is 2. The molecule has 4 aliphatic carbocycles. The van der Waals surface area contributed by atoms with Gasteiger partial charge in [-0.1, -0.05) is 0 Å². The Morgan fingerprint density at radius 3 is 2.47 bits per heavy atom. The van der Waals surface area contributed by atoms with E-state index in [-0.39, 0.29) is 18.4 Å². The van der Waals surface area contributed by atoms with Gasteiger partial charge in [0.25, 0.3) is 10.1 Å². The van der Waals surface area contributed by atoms with E-state index in [2.05, 4.69) is 4.98 Å². The summed E-state index contributed by atoms with van der Waals surface area (Å²) in [6.45, 7) is -0.315. The number of hydrogen-bond donors (Lipinski definition) is 1. The van der Waals surface area contributed by atoms with Crippen molar-refractivity contribution >= 4 is 22.2 Å². The molecule has 0 amide bonds. The third kappa shape index (κ3) is 4.20. The van der Waals surface area contributed by atoms with Crippen LogP contribution in [0, 0.1) is 17.3 Å². The van der Waals surface area contributed by atoms with Crippen LogP contribution in [0.25, 0.3) is 0 Å². The normalized spacial score (nSPS) is 32.8. The van der Waals surface area contributed by atoms with Gasteiger partial charge in [0.2, 0.25) is 0 Å². The number of halogens is 2. The van der Waals surface area contributed by atoms with Crippen LogP contribution in [0.4, 0.5) is 13.6 Å². The van der Waals surface area contributed by atoms with Crippen molar-refractivity contribution in [3.05, 3.63) is 18.7 Å². The highest BCUT2D eigenvalue weighted by Gasteiger charge is 2.60. The molecule has 2 atom stereocenters. The standard InChI is InChI=1S/C18H22F2N2O7S/c19-18(20,10-30(25,26)27)14(23)28-9-16-4-12-3-13(5-16)7-17(6-12,8-16)29-15(24)22-2-1-21-11-22/h1-2,11-13H,3-10H2,(H,25,26,27). The number of esters is 1. The van der Waals surface area contributed by atoms with Crippen LogP contribution in [0.2, 0.25) is 0 Å². The molecule has 5 rings (SSSR count). The van der Waals surface area contributed by atoms with Gasteiger partial charge in [0.15, 0.2) is 5.75 Å². The third-order valence-electron chi connectivity index (χ3n) is 6.32. The van der Waals surface area contributed by atoms with E-state index in [4.69, 9.17) is 14.0 Å². The number of nitrogens with zero attached hydrogens (tertiary/aromatic N) is 2. The largest absolute Gasteiger partial charge is 0.461 e. The molecule has 4 saturated carbocycles. The van der Waals surface area contributed by atoms with E-state index in [1.807, 2.05) is 0 Å². The van der Waals surface area contributed by atoms with Crippen LogP contribution < -0.4 is 0 Å². The van der Waals surface area contributed by atoms with Crippen molar-refractivity contribution in [1.29, 1.82) is 0 Å². The van der Waals surface area contributed by atoms with E-state index in [0.717, 1.165) is 6.42 Å². The van der Waals surface area contributed by atoms with Crippen LogP contribution in [-0.4, -0.2) is 58.5 Å². The molecule has 1 N–H and O–H groups in total. The Morgan fingerprint density at radius 1 is 1.23 bits per heavy atom.